The van der Waals surface area contributed by atoms with Crippen molar-refractivity contribution in [2.75, 3.05) is 0 Å². The third-order valence-electron chi connectivity index (χ3n) is 10.6. The van der Waals surface area contributed by atoms with Crippen LogP contribution < -0.4 is 0 Å². The Kier molecular flexibility index (Phi) is 7.25. The smallest absolute Gasteiger partial charge is 0.00257 e. The Labute approximate surface area is 303 Å². The molecule has 0 saturated heterocycles. The SMILES string of the molecule is c1ccc(-c2cc(-c3ccccc3)cc(-c3c4ccccc4c(-c4ccccc4)c4ccc(-c5cc6ccccc6c6ccccc56)cc34)c2)cc1. The molecular weight excluding hydrogens is 625 g/mol. The second kappa shape index (κ2) is 12.5. The van der Waals surface area contributed by atoms with Gasteiger partial charge in [-0.25, -0.2) is 0 Å². The van der Waals surface area contributed by atoms with Gasteiger partial charge in [0.1, 0.15) is 0 Å². The number of rotatable bonds is 5. The van der Waals surface area contributed by atoms with Crippen molar-refractivity contribution < 1.29 is 0 Å². The third-order valence-corrected chi connectivity index (χ3v) is 10.6. The van der Waals surface area contributed by atoms with E-state index in [9.17, 15) is 0 Å². The summed E-state index contributed by atoms with van der Waals surface area (Å²) in [6.45, 7) is 0. The zero-order valence-electron chi connectivity index (χ0n) is 28.6. The van der Waals surface area contributed by atoms with Crippen LogP contribution in [-0.4, -0.2) is 0 Å². The van der Waals surface area contributed by atoms with Gasteiger partial charge < -0.3 is 0 Å². The zero-order valence-corrected chi connectivity index (χ0v) is 28.6. The number of hydrogen-bond acceptors (Lipinski definition) is 0. The van der Waals surface area contributed by atoms with Crippen LogP contribution in [0.2, 0.25) is 0 Å². The minimum atomic E-state index is 1.21. The molecule has 0 fully saturated rings. The molecule has 10 rings (SSSR count). The average Bonchev–Trinajstić information content (AvgIpc) is 3.23. The predicted octanol–water partition coefficient (Wildman–Crippen LogP) is 14.6. The summed E-state index contributed by atoms with van der Waals surface area (Å²) < 4.78 is 0. The maximum atomic E-state index is 2.46. The van der Waals surface area contributed by atoms with Crippen LogP contribution in [0, 0.1) is 0 Å². The van der Waals surface area contributed by atoms with E-state index in [4.69, 9.17) is 0 Å². The molecule has 0 spiro atoms. The van der Waals surface area contributed by atoms with Crippen LogP contribution in [0.1, 0.15) is 0 Å². The lowest BCUT2D eigenvalue weighted by Crippen LogP contribution is -1.93. The monoisotopic (exact) mass is 658 g/mol. The first kappa shape index (κ1) is 30.1. The molecule has 0 heterocycles. The Morgan fingerprint density at radius 1 is 0.192 bits per heavy atom. The number of fused-ring (bicyclic) bond motifs is 5. The van der Waals surface area contributed by atoms with Gasteiger partial charge in [-0.2, -0.15) is 0 Å². The first-order valence-corrected chi connectivity index (χ1v) is 18.0. The second-order valence-electron chi connectivity index (χ2n) is 13.6. The highest BCUT2D eigenvalue weighted by Gasteiger charge is 2.19. The molecule has 0 saturated carbocycles. The summed E-state index contributed by atoms with van der Waals surface area (Å²) in [5.41, 5.74) is 12.3. The lowest BCUT2D eigenvalue weighted by molar-refractivity contribution is 1.58. The third kappa shape index (κ3) is 5.08. The van der Waals surface area contributed by atoms with Crippen molar-refractivity contribution >= 4 is 43.1 Å². The van der Waals surface area contributed by atoms with Gasteiger partial charge in [-0.1, -0.05) is 176 Å². The van der Waals surface area contributed by atoms with Gasteiger partial charge in [0.05, 0.1) is 0 Å². The molecule has 0 aliphatic carbocycles. The molecule has 0 heteroatoms. The average molecular weight is 659 g/mol. The minimum absolute atomic E-state index is 1.21. The van der Waals surface area contributed by atoms with E-state index in [2.05, 4.69) is 206 Å². The normalized spacial score (nSPS) is 11.5. The van der Waals surface area contributed by atoms with E-state index in [1.807, 2.05) is 0 Å². The molecule has 10 aromatic carbocycles. The van der Waals surface area contributed by atoms with Crippen LogP contribution in [-0.2, 0) is 0 Å². The van der Waals surface area contributed by atoms with Gasteiger partial charge in [-0.15, -0.1) is 0 Å². The van der Waals surface area contributed by atoms with E-state index >= 15 is 0 Å². The van der Waals surface area contributed by atoms with Gasteiger partial charge in [0.25, 0.3) is 0 Å². The van der Waals surface area contributed by atoms with Gasteiger partial charge in [-0.3, -0.25) is 0 Å². The van der Waals surface area contributed by atoms with Gasteiger partial charge in [0.2, 0.25) is 0 Å². The van der Waals surface area contributed by atoms with E-state index in [0.717, 1.165) is 0 Å². The molecule has 0 radical (unpaired) electrons. The second-order valence-corrected chi connectivity index (χ2v) is 13.6. The number of hydrogen-bond donors (Lipinski definition) is 0. The van der Waals surface area contributed by atoms with Crippen LogP contribution in [0.5, 0.6) is 0 Å². The summed E-state index contributed by atoms with van der Waals surface area (Å²) in [6.07, 6.45) is 0. The van der Waals surface area contributed by atoms with Crippen molar-refractivity contribution in [2.45, 2.75) is 0 Å². The fourth-order valence-electron chi connectivity index (χ4n) is 8.23. The fourth-order valence-corrected chi connectivity index (χ4v) is 8.23. The molecule has 242 valence electrons. The molecule has 0 aromatic heterocycles. The Bertz CT molecular complexity index is 2860. The highest BCUT2D eigenvalue weighted by molar-refractivity contribution is 6.23. The lowest BCUT2D eigenvalue weighted by atomic mass is 9.83. The van der Waals surface area contributed by atoms with Crippen LogP contribution in [0.15, 0.2) is 206 Å². The van der Waals surface area contributed by atoms with Gasteiger partial charge in [0, 0.05) is 0 Å². The van der Waals surface area contributed by atoms with Crippen LogP contribution in [0.25, 0.3) is 98.7 Å². The summed E-state index contributed by atoms with van der Waals surface area (Å²) in [7, 11) is 0. The molecule has 0 nitrogen and oxygen atoms in total. The molecule has 0 unspecified atom stereocenters. The van der Waals surface area contributed by atoms with Gasteiger partial charge in [0.15, 0.2) is 0 Å². The van der Waals surface area contributed by atoms with Crippen molar-refractivity contribution in [1.29, 1.82) is 0 Å². The highest BCUT2D eigenvalue weighted by Crippen LogP contribution is 2.47. The summed E-state index contributed by atoms with van der Waals surface area (Å²) in [5.74, 6) is 0. The molecular formula is C52H34. The Morgan fingerprint density at radius 3 is 1.25 bits per heavy atom. The van der Waals surface area contributed by atoms with E-state index in [1.165, 1.54) is 98.7 Å². The van der Waals surface area contributed by atoms with Crippen LogP contribution in [0.3, 0.4) is 0 Å². The molecule has 0 atom stereocenters. The van der Waals surface area contributed by atoms with Crippen molar-refractivity contribution in [3.8, 4) is 55.6 Å². The molecule has 0 aliphatic heterocycles. The van der Waals surface area contributed by atoms with E-state index in [0.29, 0.717) is 0 Å². The van der Waals surface area contributed by atoms with Crippen molar-refractivity contribution in [1.82, 2.24) is 0 Å². The zero-order chi connectivity index (χ0) is 34.4. The van der Waals surface area contributed by atoms with E-state index in [1.54, 1.807) is 0 Å². The first-order chi connectivity index (χ1) is 25.8. The highest BCUT2D eigenvalue weighted by atomic mass is 14.2. The van der Waals surface area contributed by atoms with Crippen molar-refractivity contribution in [3.63, 3.8) is 0 Å². The van der Waals surface area contributed by atoms with Crippen LogP contribution >= 0.6 is 0 Å². The molecule has 0 bridgehead atoms. The summed E-state index contributed by atoms with van der Waals surface area (Å²) in [4.78, 5) is 0. The van der Waals surface area contributed by atoms with Crippen molar-refractivity contribution in [2.24, 2.45) is 0 Å². The summed E-state index contributed by atoms with van der Waals surface area (Å²) in [5, 5.41) is 10.1. The molecule has 0 amide bonds. The van der Waals surface area contributed by atoms with Gasteiger partial charge >= 0.3 is 0 Å². The van der Waals surface area contributed by atoms with E-state index < -0.39 is 0 Å². The Morgan fingerprint density at radius 2 is 0.635 bits per heavy atom. The maximum Gasteiger partial charge on any atom is -0.00257 e. The Hall–Kier alpha value is -6.76. The van der Waals surface area contributed by atoms with Crippen LogP contribution in [0.4, 0.5) is 0 Å². The first-order valence-electron chi connectivity index (χ1n) is 18.0. The summed E-state index contributed by atoms with van der Waals surface area (Å²) in [6, 6.07) is 75.7. The molecule has 0 aliphatic rings. The largest absolute Gasteiger partial charge is 0.0622 e. The topological polar surface area (TPSA) is 0 Å². The van der Waals surface area contributed by atoms with E-state index in [-0.39, 0.29) is 0 Å². The number of benzene rings is 10. The lowest BCUT2D eigenvalue weighted by Gasteiger charge is -2.20. The predicted molar refractivity (Wildman–Crippen MR) is 224 cm³/mol. The van der Waals surface area contributed by atoms with Gasteiger partial charge in [-0.05, 0) is 129 Å². The molecule has 0 N–H and O–H groups in total. The standard InChI is InChI=1S/C52H34/c1-4-16-35(17-5-1)40-30-41(36-18-6-2-7-19-36)32-42(31-40)52-47-27-15-14-26-46(47)51(37-20-8-3-9-21-37)48-29-28-39(34-50(48)52)49-33-38-22-10-11-23-43(38)44-24-12-13-25-45(44)49/h1-34H. The molecule has 52 heavy (non-hydrogen) atoms. The fraction of sp³-hybridized carbons (Fsp3) is 0. The Balaban J connectivity index is 1.34. The maximum absolute atomic E-state index is 2.46. The minimum Gasteiger partial charge on any atom is -0.0622 e. The van der Waals surface area contributed by atoms with Crippen molar-refractivity contribution in [3.05, 3.63) is 206 Å². The molecule has 10 aromatic rings. The summed E-state index contributed by atoms with van der Waals surface area (Å²) >= 11 is 0. The quantitative estimate of drug-likeness (QED) is 0.128.